The van der Waals surface area contributed by atoms with Crippen LogP contribution >= 0.6 is 15.9 Å². The zero-order valence-corrected chi connectivity index (χ0v) is 13.0. The molecule has 0 N–H and O–H groups in total. The molecule has 2 aliphatic rings. The van der Waals surface area contributed by atoms with E-state index in [1.807, 2.05) is 0 Å². The molecule has 4 rings (SSSR count). The Morgan fingerprint density at radius 3 is 2.05 bits per heavy atom. The van der Waals surface area contributed by atoms with E-state index in [-0.39, 0.29) is 0 Å². The molecule has 0 unspecified atom stereocenters. The quantitative estimate of drug-likeness (QED) is 0.479. The van der Waals surface area contributed by atoms with Crippen LogP contribution in [0.25, 0.3) is 16.7 Å². The van der Waals surface area contributed by atoms with Gasteiger partial charge in [-0.2, -0.15) is 0 Å². The highest BCUT2D eigenvalue weighted by molar-refractivity contribution is 9.10. The first-order valence-electron chi connectivity index (χ1n) is 7.00. The van der Waals surface area contributed by atoms with Gasteiger partial charge in [-0.15, -0.1) is 0 Å². The lowest BCUT2D eigenvalue weighted by Crippen LogP contribution is -1.86. The van der Waals surface area contributed by atoms with Gasteiger partial charge in [-0.1, -0.05) is 82.7 Å². The predicted octanol–water partition coefficient (Wildman–Crippen LogP) is 5.91. The molecule has 1 heteroatoms. The molecule has 0 spiro atoms. The van der Waals surface area contributed by atoms with Crippen molar-refractivity contribution in [2.75, 3.05) is 0 Å². The molecular formula is C20H13Br. The molecule has 0 aromatic heterocycles. The van der Waals surface area contributed by atoms with Crippen LogP contribution < -0.4 is 0 Å². The first-order valence-corrected chi connectivity index (χ1v) is 7.79. The highest BCUT2D eigenvalue weighted by atomic mass is 79.9. The molecule has 0 saturated carbocycles. The minimum atomic E-state index is 1.12. The smallest absolute Gasteiger partial charge is 0.0181 e. The van der Waals surface area contributed by atoms with Gasteiger partial charge in [0.05, 0.1) is 0 Å². The van der Waals surface area contributed by atoms with E-state index >= 15 is 0 Å². The summed E-state index contributed by atoms with van der Waals surface area (Å²) in [4.78, 5) is 0. The average molecular weight is 333 g/mol. The fraction of sp³-hybridized carbons (Fsp3) is 0. The highest BCUT2D eigenvalue weighted by Crippen LogP contribution is 2.46. The number of hydrogen-bond acceptors (Lipinski definition) is 0. The maximum Gasteiger partial charge on any atom is 0.0181 e. The van der Waals surface area contributed by atoms with Gasteiger partial charge >= 0.3 is 0 Å². The number of hydrogen-bond donors (Lipinski definition) is 0. The molecule has 21 heavy (non-hydrogen) atoms. The summed E-state index contributed by atoms with van der Waals surface area (Å²) < 4.78 is 1.12. The Kier molecular flexibility index (Phi) is 3.01. The van der Waals surface area contributed by atoms with E-state index in [0.717, 1.165) is 4.47 Å². The summed E-state index contributed by atoms with van der Waals surface area (Å²) in [6.45, 7) is 0. The van der Waals surface area contributed by atoms with Crippen molar-refractivity contribution in [2.24, 2.45) is 0 Å². The summed E-state index contributed by atoms with van der Waals surface area (Å²) in [6.07, 6.45) is 12.7. The summed E-state index contributed by atoms with van der Waals surface area (Å²) in [5.41, 5.74) is 7.83. The Morgan fingerprint density at radius 1 is 0.619 bits per heavy atom. The van der Waals surface area contributed by atoms with E-state index < -0.39 is 0 Å². The van der Waals surface area contributed by atoms with Crippen molar-refractivity contribution in [1.29, 1.82) is 0 Å². The first-order chi connectivity index (χ1) is 10.3. The van der Waals surface area contributed by atoms with Gasteiger partial charge in [0.1, 0.15) is 0 Å². The standard InChI is InChI=1S/C20H13Br/c21-15-11-12-17-16-9-5-6-10-18(16)20(19(17)13-15)14-7-3-1-2-4-8-14/h1-13H. The van der Waals surface area contributed by atoms with Crippen molar-refractivity contribution in [3.8, 4) is 11.1 Å². The third kappa shape index (κ3) is 2.05. The predicted molar refractivity (Wildman–Crippen MR) is 93.0 cm³/mol. The van der Waals surface area contributed by atoms with Crippen LogP contribution in [-0.2, 0) is 0 Å². The maximum absolute atomic E-state index is 3.61. The van der Waals surface area contributed by atoms with Crippen molar-refractivity contribution >= 4 is 21.5 Å². The summed E-state index contributed by atoms with van der Waals surface area (Å²) in [6, 6.07) is 15.2. The molecule has 2 aromatic carbocycles. The van der Waals surface area contributed by atoms with Gasteiger partial charge in [0.2, 0.25) is 0 Å². The van der Waals surface area contributed by atoms with Crippen molar-refractivity contribution in [3.63, 3.8) is 0 Å². The third-order valence-electron chi connectivity index (χ3n) is 3.91. The number of fused-ring (bicyclic) bond motifs is 3. The fourth-order valence-electron chi connectivity index (χ4n) is 3.02. The minimum Gasteiger partial charge on any atom is -0.0622 e. The van der Waals surface area contributed by atoms with E-state index in [2.05, 4.69) is 94.9 Å². The molecule has 0 fully saturated rings. The molecule has 0 heterocycles. The van der Waals surface area contributed by atoms with Crippen LogP contribution in [0.4, 0.5) is 0 Å². The van der Waals surface area contributed by atoms with Gasteiger partial charge in [-0.3, -0.25) is 0 Å². The van der Waals surface area contributed by atoms with Crippen molar-refractivity contribution in [1.82, 2.24) is 0 Å². The van der Waals surface area contributed by atoms with Crippen molar-refractivity contribution in [2.45, 2.75) is 0 Å². The Morgan fingerprint density at radius 2 is 1.29 bits per heavy atom. The van der Waals surface area contributed by atoms with Crippen LogP contribution in [0.3, 0.4) is 0 Å². The molecule has 0 radical (unpaired) electrons. The monoisotopic (exact) mass is 332 g/mol. The zero-order valence-electron chi connectivity index (χ0n) is 11.4. The molecule has 0 saturated heterocycles. The third-order valence-corrected chi connectivity index (χ3v) is 4.40. The Hall–Kier alpha value is -2.12. The Labute approximate surface area is 133 Å². The van der Waals surface area contributed by atoms with E-state index in [9.17, 15) is 0 Å². The van der Waals surface area contributed by atoms with Crippen LogP contribution in [-0.4, -0.2) is 0 Å². The highest BCUT2D eigenvalue weighted by Gasteiger charge is 2.24. The van der Waals surface area contributed by atoms with Crippen LogP contribution in [0.15, 0.2) is 89.0 Å². The second-order valence-electron chi connectivity index (χ2n) is 5.17. The van der Waals surface area contributed by atoms with E-state index in [4.69, 9.17) is 0 Å². The van der Waals surface area contributed by atoms with Gasteiger partial charge < -0.3 is 0 Å². The van der Waals surface area contributed by atoms with Gasteiger partial charge in [0, 0.05) is 4.47 Å². The first kappa shape index (κ1) is 12.6. The lowest BCUT2D eigenvalue weighted by Gasteiger charge is -2.07. The number of halogens is 1. The maximum atomic E-state index is 3.61. The second-order valence-corrected chi connectivity index (χ2v) is 6.08. The summed E-state index contributed by atoms with van der Waals surface area (Å²) in [5, 5.41) is 0. The number of benzene rings is 2. The topological polar surface area (TPSA) is 0 Å². The SMILES string of the molecule is Brc1ccc2c(c1)C(=C1C=CC=CC=C1)c1ccccc1-2. The molecule has 2 aliphatic carbocycles. The molecule has 0 atom stereocenters. The van der Waals surface area contributed by atoms with Gasteiger partial charge in [-0.25, -0.2) is 0 Å². The zero-order chi connectivity index (χ0) is 14.2. The second kappa shape index (κ2) is 5.01. The van der Waals surface area contributed by atoms with Gasteiger partial charge in [0.25, 0.3) is 0 Å². The minimum absolute atomic E-state index is 1.12. The Balaban J connectivity index is 2.08. The molecule has 0 aliphatic heterocycles. The van der Waals surface area contributed by atoms with Gasteiger partial charge in [-0.05, 0) is 45.5 Å². The molecule has 2 aromatic rings. The lowest BCUT2D eigenvalue weighted by atomic mass is 9.97. The van der Waals surface area contributed by atoms with Crippen LogP contribution in [0, 0.1) is 0 Å². The van der Waals surface area contributed by atoms with Crippen molar-refractivity contribution in [3.05, 3.63) is 100 Å². The van der Waals surface area contributed by atoms with E-state index in [0.29, 0.717) is 0 Å². The number of rotatable bonds is 0. The molecule has 0 nitrogen and oxygen atoms in total. The normalized spacial score (nSPS) is 15.1. The number of allylic oxidation sites excluding steroid dienone is 7. The molecule has 100 valence electrons. The average Bonchev–Trinajstić information content (AvgIpc) is 2.66. The van der Waals surface area contributed by atoms with Crippen LogP contribution in [0.5, 0.6) is 0 Å². The van der Waals surface area contributed by atoms with E-state index in [1.165, 1.54) is 33.4 Å². The molecular weight excluding hydrogens is 320 g/mol. The molecule has 0 bridgehead atoms. The fourth-order valence-corrected chi connectivity index (χ4v) is 3.38. The summed E-state index contributed by atoms with van der Waals surface area (Å²) in [7, 11) is 0. The largest absolute Gasteiger partial charge is 0.0622 e. The lowest BCUT2D eigenvalue weighted by molar-refractivity contribution is 1.59. The summed E-state index contributed by atoms with van der Waals surface area (Å²) >= 11 is 3.61. The van der Waals surface area contributed by atoms with E-state index in [1.54, 1.807) is 0 Å². The van der Waals surface area contributed by atoms with Crippen molar-refractivity contribution < 1.29 is 0 Å². The Bertz CT molecular complexity index is 830. The molecule has 0 amide bonds. The van der Waals surface area contributed by atoms with Gasteiger partial charge in [0.15, 0.2) is 0 Å². The summed E-state index contributed by atoms with van der Waals surface area (Å²) in [5.74, 6) is 0. The van der Waals surface area contributed by atoms with Crippen LogP contribution in [0.2, 0.25) is 0 Å². The van der Waals surface area contributed by atoms with Crippen LogP contribution in [0.1, 0.15) is 11.1 Å².